The quantitative estimate of drug-likeness (QED) is 0.714. The first kappa shape index (κ1) is 16.8. The summed E-state index contributed by atoms with van der Waals surface area (Å²) in [4.78, 5) is 16.2. The molecular formula is C18H18FN3O3. The van der Waals surface area contributed by atoms with Crippen molar-refractivity contribution in [2.45, 2.75) is 6.42 Å². The lowest BCUT2D eigenvalue weighted by Crippen LogP contribution is -2.30. The zero-order valence-electron chi connectivity index (χ0n) is 13.7. The fourth-order valence-corrected chi connectivity index (χ4v) is 2.36. The van der Waals surface area contributed by atoms with Crippen molar-refractivity contribution in [2.24, 2.45) is 0 Å². The molecule has 0 aliphatic rings. The van der Waals surface area contributed by atoms with Crippen molar-refractivity contribution in [3.8, 4) is 11.5 Å². The number of hydrogen-bond donors (Lipinski definition) is 1. The zero-order valence-corrected chi connectivity index (χ0v) is 13.7. The Hall–Kier alpha value is -3.09. The van der Waals surface area contributed by atoms with Gasteiger partial charge in [-0.2, -0.15) is 0 Å². The van der Waals surface area contributed by atoms with Crippen LogP contribution in [0.2, 0.25) is 0 Å². The summed E-state index contributed by atoms with van der Waals surface area (Å²) in [6.07, 6.45) is 3.66. The number of rotatable bonds is 7. The first-order chi connectivity index (χ1) is 12.1. The number of fused-ring (bicyclic) bond motifs is 1. The topological polar surface area (TPSA) is 64.9 Å². The summed E-state index contributed by atoms with van der Waals surface area (Å²) >= 11 is 0. The van der Waals surface area contributed by atoms with Gasteiger partial charge in [0.05, 0.1) is 12.8 Å². The summed E-state index contributed by atoms with van der Waals surface area (Å²) in [5.74, 6) is 0.690. The molecule has 1 amide bonds. The number of amides is 1. The van der Waals surface area contributed by atoms with Gasteiger partial charge in [0.2, 0.25) is 0 Å². The number of nitrogens with zero attached hydrogens (tertiary/aromatic N) is 2. The molecule has 6 nitrogen and oxygen atoms in total. The minimum absolute atomic E-state index is 0.0798. The molecule has 3 aromatic rings. The molecule has 25 heavy (non-hydrogen) atoms. The summed E-state index contributed by atoms with van der Waals surface area (Å²) in [5.41, 5.74) is 1.45. The SMILES string of the molecule is COc1cccc(OCC(=O)NCCc2cn3cc(F)ccc3n2)c1. The number of pyridine rings is 1. The monoisotopic (exact) mass is 343 g/mol. The molecule has 0 unspecified atom stereocenters. The van der Waals surface area contributed by atoms with Gasteiger partial charge in [0, 0.05) is 31.4 Å². The van der Waals surface area contributed by atoms with Crippen LogP contribution >= 0.6 is 0 Å². The van der Waals surface area contributed by atoms with Crippen LogP contribution in [0.15, 0.2) is 48.8 Å². The van der Waals surface area contributed by atoms with Crippen LogP contribution in [0.1, 0.15) is 5.69 Å². The Morgan fingerprint density at radius 2 is 2.08 bits per heavy atom. The number of imidazole rings is 1. The largest absolute Gasteiger partial charge is 0.497 e. The fraction of sp³-hybridized carbons (Fsp3) is 0.222. The van der Waals surface area contributed by atoms with E-state index in [4.69, 9.17) is 9.47 Å². The molecule has 0 aliphatic carbocycles. The highest BCUT2D eigenvalue weighted by Gasteiger charge is 2.06. The molecule has 7 heteroatoms. The number of aromatic nitrogens is 2. The molecule has 2 heterocycles. The summed E-state index contributed by atoms with van der Waals surface area (Å²) in [7, 11) is 1.57. The van der Waals surface area contributed by atoms with E-state index in [0.717, 1.165) is 5.69 Å². The molecule has 0 bridgehead atoms. The highest BCUT2D eigenvalue weighted by atomic mass is 19.1. The maximum absolute atomic E-state index is 13.1. The third kappa shape index (κ3) is 4.47. The van der Waals surface area contributed by atoms with E-state index in [-0.39, 0.29) is 18.3 Å². The van der Waals surface area contributed by atoms with Gasteiger partial charge < -0.3 is 19.2 Å². The average molecular weight is 343 g/mol. The Bertz CT molecular complexity index is 879. The second-order valence-electron chi connectivity index (χ2n) is 5.41. The van der Waals surface area contributed by atoms with E-state index in [9.17, 15) is 9.18 Å². The Balaban J connectivity index is 1.45. The molecule has 0 aliphatic heterocycles. The molecular weight excluding hydrogens is 325 g/mol. The van der Waals surface area contributed by atoms with Gasteiger partial charge in [-0.3, -0.25) is 4.79 Å². The normalized spacial score (nSPS) is 10.6. The van der Waals surface area contributed by atoms with Crippen molar-refractivity contribution in [3.05, 3.63) is 60.3 Å². The van der Waals surface area contributed by atoms with Crippen LogP contribution in [0.3, 0.4) is 0 Å². The molecule has 0 radical (unpaired) electrons. The standard InChI is InChI=1S/C18H18FN3O3/c1-24-15-3-2-4-16(9-15)25-12-18(23)20-8-7-14-11-22-10-13(19)5-6-17(22)21-14/h2-6,9-11H,7-8,12H2,1H3,(H,20,23). The van der Waals surface area contributed by atoms with E-state index in [1.807, 2.05) is 0 Å². The van der Waals surface area contributed by atoms with Crippen LogP contribution in [0.5, 0.6) is 11.5 Å². The van der Waals surface area contributed by atoms with E-state index in [1.165, 1.54) is 12.3 Å². The third-order valence-corrected chi connectivity index (χ3v) is 3.58. The fourth-order valence-electron chi connectivity index (χ4n) is 2.36. The van der Waals surface area contributed by atoms with E-state index in [0.29, 0.717) is 30.1 Å². The van der Waals surface area contributed by atoms with Crippen molar-refractivity contribution in [3.63, 3.8) is 0 Å². The number of carbonyl (C=O) groups excluding carboxylic acids is 1. The lowest BCUT2D eigenvalue weighted by molar-refractivity contribution is -0.123. The molecule has 0 saturated heterocycles. The van der Waals surface area contributed by atoms with Crippen LogP contribution < -0.4 is 14.8 Å². The third-order valence-electron chi connectivity index (χ3n) is 3.58. The first-order valence-electron chi connectivity index (χ1n) is 7.81. The Kier molecular flexibility index (Phi) is 5.13. The zero-order chi connectivity index (χ0) is 17.6. The lowest BCUT2D eigenvalue weighted by Gasteiger charge is -2.08. The van der Waals surface area contributed by atoms with Crippen LogP contribution in [0, 0.1) is 5.82 Å². The highest BCUT2D eigenvalue weighted by molar-refractivity contribution is 5.77. The van der Waals surface area contributed by atoms with Gasteiger partial charge in [0.25, 0.3) is 5.91 Å². The van der Waals surface area contributed by atoms with Crippen molar-refractivity contribution >= 4 is 11.6 Å². The number of carbonyl (C=O) groups is 1. The van der Waals surface area contributed by atoms with Gasteiger partial charge in [-0.25, -0.2) is 9.37 Å². The molecule has 0 saturated carbocycles. The summed E-state index contributed by atoms with van der Waals surface area (Å²) < 4.78 is 25.3. The molecule has 0 spiro atoms. The maximum Gasteiger partial charge on any atom is 0.257 e. The van der Waals surface area contributed by atoms with Crippen LogP contribution in [-0.4, -0.2) is 35.6 Å². The number of benzene rings is 1. The summed E-state index contributed by atoms with van der Waals surface area (Å²) in [6.45, 7) is 0.343. The second kappa shape index (κ2) is 7.65. The number of methoxy groups -OCH3 is 1. The van der Waals surface area contributed by atoms with Gasteiger partial charge in [-0.05, 0) is 24.3 Å². The van der Waals surface area contributed by atoms with Gasteiger partial charge in [0.15, 0.2) is 6.61 Å². The lowest BCUT2D eigenvalue weighted by atomic mass is 10.3. The minimum Gasteiger partial charge on any atom is -0.497 e. The molecule has 1 aromatic carbocycles. The van der Waals surface area contributed by atoms with Gasteiger partial charge >= 0.3 is 0 Å². The predicted octanol–water partition coefficient (Wildman–Crippen LogP) is 2.22. The smallest absolute Gasteiger partial charge is 0.257 e. The van der Waals surface area contributed by atoms with E-state index < -0.39 is 0 Å². The molecule has 2 aromatic heterocycles. The van der Waals surface area contributed by atoms with Gasteiger partial charge in [-0.15, -0.1) is 0 Å². The number of hydrogen-bond acceptors (Lipinski definition) is 4. The van der Waals surface area contributed by atoms with Gasteiger partial charge in [-0.1, -0.05) is 6.07 Å². The van der Waals surface area contributed by atoms with Crippen molar-refractivity contribution in [1.29, 1.82) is 0 Å². The minimum atomic E-state index is -0.320. The number of ether oxygens (including phenoxy) is 2. The Morgan fingerprint density at radius 3 is 2.92 bits per heavy atom. The Morgan fingerprint density at radius 1 is 1.24 bits per heavy atom. The number of halogens is 1. The molecule has 0 atom stereocenters. The van der Waals surface area contributed by atoms with E-state index in [2.05, 4.69) is 10.3 Å². The van der Waals surface area contributed by atoms with Crippen molar-refractivity contribution in [2.75, 3.05) is 20.3 Å². The Labute approximate surface area is 144 Å². The van der Waals surface area contributed by atoms with E-state index >= 15 is 0 Å². The molecule has 3 rings (SSSR count). The molecule has 130 valence electrons. The first-order valence-corrected chi connectivity index (χ1v) is 7.81. The average Bonchev–Trinajstić information content (AvgIpc) is 3.02. The summed E-state index contributed by atoms with van der Waals surface area (Å²) in [6, 6.07) is 10.0. The molecule has 0 fully saturated rings. The van der Waals surface area contributed by atoms with Gasteiger partial charge in [0.1, 0.15) is 23.0 Å². The predicted molar refractivity (Wildman–Crippen MR) is 90.4 cm³/mol. The van der Waals surface area contributed by atoms with E-state index in [1.54, 1.807) is 48.0 Å². The van der Waals surface area contributed by atoms with Crippen LogP contribution in [0.4, 0.5) is 4.39 Å². The molecule has 1 N–H and O–H groups in total. The van der Waals surface area contributed by atoms with Crippen molar-refractivity contribution < 1.29 is 18.7 Å². The van der Waals surface area contributed by atoms with Crippen LogP contribution in [0.25, 0.3) is 5.65 Å². The second-order valence-corrected chi connectivity index (χ2v) is 5.41. The number of nitrogens with one attached hydrogen (secondary N) is 1. The van der Waals surface area contributed by atoms with Crippen molar-refractivity contribution in [1.82, 2.24) is 14.7 Å². The van der Waals surface area contributed by atoms with Crippen LogP contribution in [-0.2, 0) is 11.2 Å². The maximum atomic E-state index is 13.1. The highest BCUT2D eigenvalue weighted by Crippen LogP contribution is 2.18. The summed E-state index contributed by atoms with van der Waals surface area (Å²) in [5, 5.41) is 2.77.